The number of nitrogens with zero attached hydrogens (tertiary/aromatic N) is 1. The van der Waals surface area contributed by atoms with Crippen LogP contribution in [0.2, 0.25) is 0 Å². The van der Waals surface area contributed by atoms with Crippen molar-refractivity contribution in [3.63, 3.8) is 0 Å². The molecule has 0 spiro atoms. The van der Waals surface area contributed by atoms with E-state index in [1.54, 1.807) is 42.7 Å². The maximum absolute atomic E-state index is 13.0. The third kappa shape index (κ3) is 4.10. The van der Waals surface area contributed by atoms with Crippen molar-refractivity contribution in [1.82, 2.24) is 9.97 Å². The van der Waals surface area contributed by atoms with Crippen LogP contribution in [-0.4, -0.2) is 15.9 Å². The number of benzene rings is 3. The van der Waals surface area contributed by atoms with Gasteiger partial charge in [-0.3, -0.25) is 4.79 Å². The quantitative estimate of drug-likeness (QED) is 0.319. The third-order valence-corrected chi connectivity index (χ3v) is 5.20. The van der Waals surface area contributed by atoms with E-state index in [1.807, 2.05) is 18.2 Å². The Balaban J connectivity index is 1.42. The highest BCUT2D eigenvalue weighted by atomic mass is 19.4. The highest BCUT2D eigenvalue weighted by molar-refractivity contribution is 6.09. The zero-order chi connectivity index (χ0) is 23.0. The molecule has 164 valence electrons. The number of nitrogens with one attached hydrogen (secondary N) is 2. The summed E-state index contributed by atoms with van der Waals surface area (Å²) < 4.78 is 45.0. The number of amides is 1. The number of pyridine rings is 1. The molecule has 5 nitrogen and oxygen atoms in total. The van der Waals surface area contributed by atoms with E-state index in [4.69, 9.17) is 4.74 Å². The van der Waals surface area contributed by atoms with Gasteiger partial charge >= 0.3 is 6.18 Å². The number of aromatic amines is 1. The maximum atomic E-state index is 13.0. The summed E-state index contributed by atoms with van der Waals surface area (Å²) in [5, 5.41) is 5.09. The summed E-state index contributed by atoms with van der Waals surface area (Å²) in [5.41, 5.74) is 0.253. The van der Waals surface area contributed by atoms with Crippen molar-refractivity contribution >= 4 is 33.4 Å². The highest BCUT2D eigenvalue weighted by Crippen LogP contribution is 2.33. The van der Waals surface area contributed by atoms with Gasteiger partial charge < -0.3 is 15.0 Å². The molecule has 33 heavy (non-hydrogen) atoms. The summed E-state index contributed by atoms with van der Waals surface area (Å²) >= 11 is 0. The van der Waals surface area contributed by atoms with Gasteiger partial charge in [0.25, 0.3) is 5.91 Å². The smallest absolute Gasteiger partial charge is 0.416 e. The molecule has 3 aromatic carbocycles. The number of carbonyl (C=O) groups is 1. The minimum absolute atomic E-state index is 0.0741. The molecule has 1 amide bonds. The van der Waals surface area contributed by atoms with Crippen LogP contribution in [-0.2, 0) is 6.18 Å². The largest absolute Gasteiger partial charge is 0.457 e. The van der Waals surface area contributed by atoms with Crippen LogP contribution >= 0.6 is 0 Å². The van der Waals surface area contributed by atoms with Crippen LogP contribution in [0.5, 0.6) is 11.5 Å². The summed E-state index contributed by atoms with van der Waals surface area (Å²) in [4.78, 5) is 19.9. The second-order valence-electron chi connectivity index (χ2n) is 7.37. The van der Waals surface area contributed by atoms with E-state index >= 15 is 0 Å². The number of anilines is 1. The Morgan fingerprint density at radius 3 is 2.64 bits per heavy atom. The van der Waals surface area contributed by atoms with Crippen LogP contribution in [0.1, 0.15) is 15.9 Å². The first kappa shape index (κ1) is 20.6. The Labute approximate surface area is 185 Å². The summed E-state index contributed by atoms with van der Waals surface area (Å²) in [7, 11) is 0. The first-order valence-electron chi connectivity index (χ1n) is 10.00. The second kappa shape index (κ2) is 7.98. The first-order valence-corrected chi connectivity index (χ1v) is 10.00. The number of fused-ring (bicyclic) bond motifs is 2. The lowest BCUT2D eigenvalue weighted by Gasteiger charge is -2.12. The monoisotopic (exact) mass is 447 g/mol. The normalized spacial score (nSPS) is 11.6. The number of H-pyrrole nitrogens is 1. The zero-order valence-corrected chi connectivity index (χ0v) is 17.0. The molecule has 0 radical (unpaired) electrons. The van der Waals surface area contributed by atoms with Gasteiger partial charge in [0.15, 0.2) is 0 Å². The second-order valence-corrected chi connectivity index (χ2v) is 7.37. The molecule has 0 fully saturated rings. The Morgan fingerprint density at radius 1 is 0.939 bits per heavy atom. The van der Waals surface area contributed by atoms with Crippen molar-refractivity contribution < 1.29 is 22.7 Å². The fourth-order valence-electron chi connectivity index (χ4n) is 3.62. The summed E-state index contributed by atoms with van der Waals surface area (Å²) in [6, 6.07) is 18.7. The molecular weight excluding hydrogens is 431 g/mol. The standard InChI is InChI=1S/C25H16F3N3O2/c26-25(27,28)17-5-1-4-16(13-17)24(32)31-21-6-2-3-15-14-18(7-8-19(15)21)33-22-10-12-30-23-20(22)9-11-29-23/h1-14H,(H,29,30)(H,31,32). The SMILES string of the molecule is O=C(Nc1cccc2cc(Oc3ccnc4[nH]ccc34)ccc12)c1cccc(C(F)(F)F)c1. The molecule has 0 aliphatic heterocycles. The van der Waals surface area contributed by atoms with Gasteiger partial charge in [-0.1, -0.05) is 18.2 Å². The molecule has 0 saturated heterocycles. The van der Waals surface area contributed by atoms with Gasteiger partial charge in [-0.05, 0) is 60.0 Å². The fraction of sp³-hybridized carbons (Fsp3) is 0.0400. The van der Waals surface area contributed by atoms with Crippen LogP contribution < -0.4 is 10.1 Å². The van der Waals surface area contributed by atoms with Gasteiger partial charge in [0.2, 0.25) is 0 Å². The Bertz CT molecular complexity index is 1490. The average Bonchev–Trinajstić information content (AvgIpc) is 3.29. The van der Waals surface area contributed by atoms with Crippen molar-refractivity contribution in [2.75, 3.05) is 5.32 Å². The molecule has 0 bridgehead atoms. The molecule has 0 aliphatic carbocycles. The lowest BCUT2D eigenvalue weighted by Crippen LogP contribution is -2.14. The van der Waals surface area contributed by atoms with Crippen LogP contribution in [0, 0.1) is 0 Å². The topological polar surface area (TPSA) is 67.0 Å². The van der Waals surface area contributed by atoms with E-state index < -0.39 is 17.6 Å². The average molecular weight is 447 g/mol. The molecule has 0 atom stereocenters. The van der Waals surface area contributed by atoms with Crippen LogP contribution in [0.4, 0.5) is 18.9 Å². The number of halogens is 3. The molecule has 2 N–H and O–H groups in total. The van der Waals surface area contributed by atoms with E-state index in [9.17, 15) is 18.0 Å². The molecular formula is C25H16F3N3O2. The van der Waals surface area contributed by atoms with Gasteiger partial charge in [-0.2, -0.15) is 13.2 Å². The molecule has 2 heterocycles. The number of rotatable bonds is 4. The van der Waals surface area contributed by atoms with Gasteiger partial charge in [0.1, 0.15) is 17.1 Å². The fourth-order valence-corrected chi connectivity index (χ4v) is 3.62. The van der Waals surface area contributed by atoms with Crippen molar-refractivity contribution in [2.24, 2.45) is 0 Å². The summed E-state index contributed by atoms with van der Waals surface area (Å²) in [6.45, 7) is 0. The third-order valence-electron chi connectivity index (χ3n) is 5.20. The number of ether oxygens (including phenoxy) is 1. The number of carbonyl (C=O) groups excluding carboxylic acids is 1. The lowest BCUT2D eigenvalue weighted by molar-refractivity contribution is -0.137. The van der Waals surface area contributed by atoms with Crippen molar-refractivity contribution in [3.8, 4) is 11.5 Å². The van der Waals surface area contributed by atoms with E-state index in [1.165, 1.54) is 12.1 Å². The molecule has 8 heteroatoms. The van der Waals surface area contributed by atoms with E-state index in [2.05, 4.69) is 15.3 Å². The molecule has 0 unspecified atom stereocenters. The maximum Gasteiger partial charge on any atom is 0.416 e. The Hall–Kier alpha value is -4.33. The van der Waals surface area contributed by atoms with Crippen LogP contribution in [0.3, 0.4) is 0 Å². The molecule has 2 aromatic heterocycles. The van der Waals surface area contributed by atoms with E-state index in [-0.39, 0.29) is 5.56 Å². The predicted molar refractivity (Wildman–Crippen MR) is 120 cm³/mol. The van der Waals surface area contributed by atoms with Crippen molar-refractivity contribution in [1.29, 1.82) is 0 Å². The molecule has 0 saturated carbocycles. The first-order chi connectivity index (χ1) is 15.9. The Morgan fingerprint density at radius 2 is 1.79 bits per heavy atom. The molecule has 0 aliphatic rings. The molecule has 5 rings (SSSR count). The minimum Gasteiger partial charge on any atom is -0.457 e. The number of hydrogen-bond donors (Lipinski definition) is 2. The number of hydrogen-bond acceptors (Lipinski definition) is 3. The van der Waals surface area contributed by atoms with Gasteiger partial charge in [0.05, 0.1) is 10.9 Å². The van der Waals surface area contributed by atoms with Gasteiger partial charge in [-0.25, -0.2) is 4.98 Å². The summed E-state index contributed by atoms with van der Waals surface area (Å²) in [6.07, 6.45) is -1.09. The highest BCUT2D eigenvalue weighted by Gasteiger charge is 2.30. The van der Waals surface area contributed by atoms with E-state index in [0.717, 1.165) is 28.3 Å². The van der Waals surface area contributed by atoms with Gasteiger partial charge in [-0.15, -0.1) is 0 Å². The number of alkyl halides is 3. The number of aromatic nitrogens is 2. The Kier molecular flexibility index (Phi) is 4.97. The van der Waals surface area contributed by atoms with Crippen molar-refractivity contribution in [3.05, 3.63) is 96.3 Å². The van der Waals surface area contributed by atoms with Crippen LogP contribution in [0.15, 0.2) is 85.2 Å². The zero-order valence-electron chi connectivity index (χ0n) is 17.0. The lowest BCUT2D eigenvalue weighted by atomic mass is 10.1. The predicted octanol–water partition coefficient (Wildman–Crippen LogP) is 6.78. The summed E-state index contributed by atoms with van der Waals surface area (Å²) in [5.74, 6) is 0.618. The molecule has 5 aromatic rings. The van der Waals surface area contributed by atoms with Crippen LogP contribution in [0.25, 0.3) is 21.8 Å². The van der Waals surface area contributed by atoms with E-state index in [0.29, 0.717) is 22.8 Å². The minimum atomic E-state index is -4.52. The van der Waals surface area contributed by atoms with Gasteiger partial charge in [0, 0.05) is 29.0 Å². The van der Waals surface area contributed by atoms with Crippen molar-refractivity contribution in [2.45, 2.75) is 6.18 Å².